The van der Waals surface area contributed by atoms with Gasteiger partial charge in [0, 0.05) is 5.56 Å². The van der Waals surface area contributed by atoms with Crippen molar-refractivity contribution in [3.8, 4) is 11.5 Å². The van der Waals surface area contributed by atoms with Crippen molar-refractivity contribution in [2.75, 3.05) is 7.11 Å². The highest BCUT2D eigenvalue weighted by Crippen LogP contribution is 2.38. The van der Waals surface area contributed by atoms with Crippen molar-refractivity contribution in [2.24, 2.45) is 4.99 Å². The number of ether oxygens (including phenoxy) is 3. The van der Waals surface area contributed by atoms with E-state index < -0.39 is 5.97 Å². The van der Waals surface area contributed by atoms with Crippen molar-refractivity contribution in [1.29, 1.82) is 0 Å². The predicted octanol–water partition coefficient (Wildman–Crippen LogP) is 6.00. The Hall–Kier alpha value is -3.38. The number of hydrogen-bond acceptors (Lipinski definition) is 5. The number of benzene rings is 3. The molecule has 1 aliphatic heterocycles. The SMILES string of the molecule is COc1cc(/C=C2\N=C(c3ccc(C)cc3)OC2=O)cc(Br)c1OCc1cccc(C)c1. The number of esters is 1. The quantitative estimate of drug-likeness (QED) is 0.313. The lowest BCUT2D eigenvalue weighted by atomic mass is 10.1. The van der Waals surface area contributed by atoms with Gasteiger partial charge in [0.05, 0.1) is 11.6 Å². The van der Waals surface area contributed by atoms with Crippen LogP contribution >= 0.6 is 15.9 Å². The highest BCUT2D eigenvalue weighted by molar-refractivity contribution is 9.10. The van der Waals surface area contributed by atoms with Crippen molar-refractivity contribution in [3.05, 3.63) is 98.7 Å². The second-order valence-corrected chi connectivity index (χ2v) is 8.37. The molecule has 0 amide bonds. The Morgan fingerprint density at radius 2 is 1.81 bits per heavy atom. The molecule has 3 aromatic rings. The van der Waals surface area contributed by atoms with Gasteiger partial charge in [-0.15, -0.1) is 0 Å². The highest BCUT2D eigenvalue weighted by atomic mass is 79.9. The number of aryl methyl sites for hydroxylation is 2. The summed E-state index contributed by atoms with van der Waals surface area (Å²) in [7, 11) is 1.58. The molecule has 0 fully saturated rings. The van der Waals surface area contributed by atoms with Gasteiger partial charge in [0.2, 0.25) is 5.90 Å². The number of carbonyl (C=O) groups excluding carboxylic acids is 1. The maximum atomic E-state index is 12.3. The Balaban J connectivity index is 1.59. The third kappa shape index (κ3) is 4.92. The van der Waals surface area contributed by atoms with E-state index in [1.807, 2.05) is 62.4 Å². The van der Waals surface area contributed by atoms with Crippen LogP contribution in [0.2, 0.25) is 0 Å². The summed E-state index contributed by atoms with van der Waals surface area (Å²) in [6.07, 6.45) is 1.67. The van der Waals surface area contributed by atoms with Crippen LogP contribution in [-0.2, 0) is 16.1 Å². The lowest BCUT2D eigenvalue weighted by molar-refractivity contribution is -0.129. The molecule has 4 rings (SSSR count). The van der Waals surface area contributed by atoms with E-state index in [1.54, 1.807) is 19.3 Å². The summed E-state index contributed by atoms with van der Waals surface area (Å²) in [6.45, 7) is 4.45. The molecule has 1 aliphatic rings. The first-order chi connectivity index (χ1) is 15.4. The van der Waals surface area contributed by atoms with Gasteiger partial charge in [-0.05, 0) is 71.2 Å². The molecular weight excluding hydrogens is 470 g/mol. The first-order valence-corrected chi connectivity index (χ1v) is 10.9. The average molecular weight is 492 g/mol. The molecule has 3 aromatic carbocycles. The van der Waals surface area contributed by atoms with Crippen molar-refractivity contribution in [2.45, 2.75) is 20.5 Å². The summed E-state index contributed by atoms with van der Waals surface area (Å²) in [6, 6.07) is 19.5. The molecule has 1 heterocycles. The zero-order valence-electron chi connectivity index (χ0n) is 18.0. The fourth-order valence-corrected chi connectivity index (χ4v) is 3.88. The largest absolute Gasteiger partial charge is 0.493 e. The molecule has 0 N–H and O–H groups in total. The molecule has 0 saturated carbocycles. The van der Waals surface area contributed by atoms with E-state index in [0.717, 1.165) is 22.3 Å². The minimum atomic E-state index is -0.490. The molecule has 0 unspecified atom stereocenters. The summed E-state index contributed by atoms with van der Waals surface area (Å²) in [4.78, 5) is 16.7. The Bertz CT molecular complexity index is 1230. The van der Waals surface area contributed by atoms with Crippen molar-refractivity contribution in [3.63, 3.8) is 0 Å². The Kier molecular flexibility index (Phi) is 6.42. The molecule has 0 spiro atoms. The molecule has 0 saturated heterocycles. The summed E-state index contributed by atoms with van der Waals surface area (Å²) >= 11 is 3.56. The summed E-state index contributed by atoms with van der Waals surface area (Å²) < 4.78 is 17.6. The van der Waals surface area contributed by atoms with Crippen molar-refractivity contribution >= 4 is 33.9 Å². The van der Waals surface area contributed by atoms with Gasteiger partial charge in [0.1, 0.15) is 6.61 Å². The van der Waals surface area contributed by atoms with Crippen molar-refractivity contribution in [1.82, 2.24) is 0 Å². The maximum absolute atomic E-state index is 12.3. The number of rotatable bonds is 6. The lowest BCUT2D eigenvalue weighted by Crippen LogP contribution is -2.05. The second kappa shape index (κ2) is 9.40. The van der Waals surface area contributed by atoms with E-state index in [0.29, 0.717) is 28.5 Å². The van der Waals surface area contributed by atoms with E-state index in [9.17, 15) is 4.79 Å². The van der Waals surface area contributed by atoms with Crippen LogP contribution in [0.4, 0.5) is 0 Å². The van der Waals surface area contributed by atoms with Crippen LogP contribution < -0.4 is 9.47 Å². The van der Waals surface area contributed by atoms with Crippen LogP contribution in [0.15, 0.2) is 75.8 Å². The number of nitrogens with zero attached hydrogens (tertiary/aromatic N) is 1. The van der Waals surface area contributed by atoms with Gasteiger partial charge in [-0.1, -0.05) is 47.5 Å². The van der Waals surface area contributed by atoms with E-state index in [2.05, 4.69) is 27.0 Å². The number of hydrogen-bond donors (Lipinski definition) is 0. The molecule has 0 aromatic heterocycles. The molecule has 6 heteroatoms. The molecular formula is C26H22BrNO4. The summed E-state index contributed by atoms with van der Waals surface area (Å²) in [5, 5.41) is 0. The Morgan fingerprint density at radius 1 is 1.03 bits per heavy atom. The third-order valence-electron chi connectivity index (χ3n) is 4.94. The normalized spacial score (nSPS) is 14.3. The van der Waals surface area contributed by atoms with Crippen LogP contribution in [0.25, 0.3) is 6.08 Å². The van der Waals surface area contributed by atoms with Gasteiger partial charge in [-0.25, -0.2) is 9.79 Å². The van der Waals surface area contributed by atoms with Crippen molar-refractivity contribution < 1.29 is 19.0 Å². The maximum Gasteiger partial charge on any atom is 0.363 e. The number of aliphatic imine (C=N–C) groups is 1. The monoisotopic (exact) mass is 491 g/mol. The van der Waals surface area contributed by atoms with Gasteiger partial charge in [-0.2, -0.15) is 0 Å². The minimum Gasteiger partial charge on any atom is -0.493 e. The fraction of sp³-hybridized carbons (Fsp3) is 0.154. The highest BCUT2D eigenvalue weighted by Gasteiger charge is 2.24. The molecule has 0 radical (unpaired) electrons. The smallest absolute Gasteiger partial charge is 0.363 e. The van der Waals surface area contributed by atoms with E-state index in [4.69, 9.17) is 14.2 Å². The van der Waals surface area contributed by atoms with Gasteiger partial charge in [-0.3, -0.25) is 0 Å². The zero-order valence-corrected chi connectivity index (χ0v) is 19.6. The predicted molar refractivity (Wildman–Crippen MR) is 128 cm³/mol. The van der Waals surface area contributed by atoms with Crippen LogP contribution in [0.5, 0.6) is 11.5 Å². The van der Waals surface area contributed by atoms with E-state index in [-0.39, 0.29) is 5.70 Å². The van der Waals surface area contributed by atoms with Crippen LogP contribution in [0, 0.1) is 13.8 Å². The topological polar surface area (TPSA) is 57.1 Å². The molecule has 162 valence electrons. The number of halogens is 1. The molecule has 0 bridgehead atoms. The molecule has 32 heavy (non-hydrogen) atoms. The summed E-state index contributed by atoms with van der Waals surface area (Å²) in [5.74, 6) is 0.947. The fourth-order valence-electron chi connectivity index (χ4n) is 3.31. The zero-order chi connectivity index (χ0) is 22.7. The third-order valence-corrected chi connectivity index (χ3v) is 5.53. The standard InChI is InChI=1S/C26H22BrNO4/c1-16-7-9-20(10-8-16)25-28-22(26(29)32-25)13-19-12-21(27)24(23(14-19)30-3)31-15-18-6-4-5-17(2)11-18/h4-14H,15H2,1-3H3/b22-13-. The number of carbonyl (C=O) groups is 1. The molecule has 0 atom stereocenters. The summed E-state index contributed by atoms with van der Waals surface area (Å²) in [5.41, 5.74) is 5.08. The van der Waals surface area contributed by atoms with Gasteiger partial charge in [0.15, 0.2) is 17.2 Å². The van der Waals surface area contributed by atoms with Gasteiger partial charge < -0.3 is 14.2 Å². The Labute approximate surface area is 195 Å². The average Bonchev–Trinajstić information content (AvgIpc) is 3.13. The lowest BCUT2D eigenvalue weighted by Gasteiger charge is -2.14. The molecule has 0 aliphatic carbocycles. The van der Waals surface area contributed by atoms with Crippen LogP contribution in [0.1, 0.15) is 27.8 Å². The van der Waals surface area contributed by atoms with Crippen LogP contribution in [0.3, 0.4) is 0 Å². The first-order valence-electron chi connectivity index (χ1n) is 10.1. The number of methoxy groups -OCH3 is 1. The second-order valence-electron chi connectivity index (χ2n) is 7.51. The first kappa shape index (κ1) is 21.8. The van der Waals surface area contributed by atoms with Gasteiger partial charge >= 0.3 is 5.97 Å². The minimum absolute atomic E-state index is 0.225. The van der Waals surface area contributed by atoms with E-state index >= 15 is 0 Å². The number of cyclic esters (lactones) is 1. The molecule has 5 nitrogen and oxygen atoms in total. The van der Waals surface area contributed by atoms with Gasteiger partial charge in [0.25, 0.3) is 0 Å². The van der Waals surface area contributed by atoms with Crippen LogP contribution in [-0.4, -0.2) is 19.0 Å². The van der Waals surface area contributed by atoms with E-state index in [1.165, 1.54) is 5.56 Å². The Morgan fingerprint density at radius 3 is 2.53 bits per heavy atom.